The number of hydrogen-bond acceptors (Lipinski definition) is 1. The number of halogens is 2. The van der Waals surface area contributed by atoms with Gasteiger partial charge in [-0.3, -0.25) is 4.98 Å². The van der Waals surface area contributed by atoms with Crippen molar-refractivity contribution in [3.63, 3.8) is 0 Å². The van der Waals surface area contributed by atoms with Crippen LogP contribution in [0.3, 0.4) is 0 Å². The van der Waals surface area contributed by atoms with E-state index in [1.54, 1.807) is 0 Å². The van der Waals surface area contributed by atoms with Crippen molar-refractivity contribution >= 4 is 38.4 Å². The van der Waals surface area contributed by atoms with Gasteiger partial charge in [0.1, 0.15) is 0 Å². The molecule has 0 aliphatic rings. The predicted octanol–water partition coefficient (Wildman–Crippen LogP) is 5.08. The Labute approximate surface area is 109 Å². The number of fused-ring (bicyclic) bond motifs is 1. The van der Waals surface area contributed by atoms with E-state index >= 15 is 0 Å². The third-order valence-electron chi connectivity index (χ3n) is 2.73. The molecule has 0 unspecified atom stereocenters. The zero-order valence-corrected chi connectivity index (χ0v) is 11.9. The summed E-state index contributed by atoms with van der Waals surface area (Å²) >= 11 is 9.79. The third kappa shape index (κ3) is 1.96. The largest absolute Gasteiger partial charge is 0.252 e. The Balaban J connectivity index is 2.83. The van der Waals surface area contributed by atoms with E-state index in [2.05, 4.69) is 41.7 Å². The molecule has 0 amide bonds. The van der Waals surface area contributed by atoms with Crippen molar-refractivity contribution in [3.8, 4) is 0 Å². The highest BCUT2D eigenvalue weighted by molar-refractivity contribution is 9.10. The van der Waals surface area contributed by atoms with Gasteiger partial charge in [-0.1, -0.05) is 47.4 Å². The molecule has 1 heterocycles. The molecule has 0 aliphatic carbocycles. The van der Waals surface area contributed by atoms with Gasteiger partial charge in [-0.2, -0.15) is 0 Å². The molecular weight excluding hydrogens is 286 g/mol. The van der Waals surface area contributed by atoms with Crippen LogP contribution in [-0.2, 0) is 0 Å². The Kier molecular flexibility index (Phi) is 3.22. The highest BCUT2D eigenvalue weighted by atomic mass is 79.9. The number of aryl methyl sites for hydroxylation is 1. The van der Waals surface area contributed by atoms with Gasteiger partial charge in [0.25, 0.3) is 0 Å². The maximum absolute atomic E-state index is 6.28. The zero-order chi connectivity index (χ0) is 11.9. The zero-order valence-electron chi connectivity index (χ0n) is 9.51. The highest BCUT2D eigenvalue weighted by Gasteiger charge is 2.10. The first kappa shape index (κ1) is 11.9. The van der Waals surface area contributed by atoms with Gasteiger partial charge in [0.05, 0.1) is 10.5 Å². The van der Waals surface area contributed by atoms with Crippen LogP contribution >= 0.6 is 27.5 Å². The van der Waals surface area contributed by atoms with Crippen molar-refractivity contribution in [2.75, 3.05) is 0 Å². The fourth-order valence-corrected chi connectivity index (χ4v) is 2.26. The van der Waals surface area contributed by atoms with Gasteiger partial charge in [0, 0.05) is 15.6 Å². The van der Waals surface area contributed by atoms with Crippen molar-refractivity contribution in [1.82, 2.24) is 4.98 Å². The summed E-state index contributed by atoms with van der Waals surface area (Å²) in [5.41, 5.74) is 3.17. The van der Waals surface area contributed by atoms with Crippen LogP contribution in [0.5, 0.6) is 0 Å². The number of benzene rings is 1. The van der Waals surface area contributed by atoms with Crippen molar-refractivity contribution in [1.29, 1.82) is 0 Å². The fraction of sp³-hybridized carbons (Fsp3) is 0.308. The fourth-order valence-electron chi connectivity index (χ4n) is 1.68. The van der Waals surface area contributed by atoms with E-state index in [0.29, 0.717) is 5.92 Å². The first-order chi connectivity index (χ1) is 7.50. The molecule has 16 heavy (non-hydrogen) atoms. The summed E-state index contributed by atoms with van der Waals surface area (Å²) in [6.07, 6.45) is 0. The first-order valence-electron chi connectivity index (χ1n) is 5.26. The Morgan fingerprint density at radius 1 is 1.31 bits per heavy atom. The topological polar surface area (TPSA) is 12.9 Å². The highest BCUT2D eigenvalue weighted by Crippen LogP contribution is 2.31. The van der Waals surface area contributed by atoms with Crippen LogP contribution in [0, 0.1) is 6.92 Å². The van der Waals surface area contributed by atoms with Crippen molar-refractivity contribution in [2.24, 2.45) is 0 Å². The summed E-state index contributed by atoms with van der Waals surface area (Å²) in [5.74, 6) is 0.389. The molecule has 1 aromatic carbocycles. The van der Waals surface area contributed by atoms with Crippen LogP contribution in [0.4, 0.5) is 0 Å². The molecule has 0 spiro atoms. The first-order valence-corrected chi connectivity index (χ1v) is 6.43. The number of hydrogen-bond donors (Lipinski definition) is 0. The van der Waals surface area contributed by atoms with Gasteiger partial charge in [0.2, 0.25) is 0 Å². The van der Waals surface area contributed by atoms with E-state index < -0.39 is 0 Å². The number of nitrogens with zero attached hydrogens (tertiary/aromatic N) is 1. The lowest BCUT2D eigenvalue weighted by Crippen LogP contribution is -1.95. The van der Waals surface area contributed by atoms with E-state index in [0.717, 1.165) is 31.7 Å². The Bertz CT molecular complexity index is 549. The van der Waals surface area contributed by atoms with Crippen LogP contribution in [-0.4, -0.2) is 4.98 Å². The van der Waals surface area contributed by atoms with Gasteiger partial charge >= 0.3 is 0 Å². The van der Waals surface area contributed by atoms with Gasteiger partial charge in [0.15, 0.2) is 0 Å². The maximum Gasteiger partial charge on any atom is 0.0760 e. The molecule has 0 aliphatic heterocycles. The van der Waals surface area contributed by atoms with Gasteiger partial charge in [-0.15, -0.1) is 0 Å². The molecule has 0 atom stereocenters. The minimum atomic E-state index is 0.389. The van der Waals surface area contributed by atoms with Crippen molar-refractivity contribution < 1.29 is 0 Å². The smallest absolute Gasteiger partial charge is 0.0760 e. The second-order valence-corrected chi connectivity index (χ2v) is 5.51. The van der Waals surface area contributed by atoms with Crippen LogP contribution in [0.15, 0.2) is 22.7 Å². The normalized spacial score (nSPS) is 11.4. The van der Waals surface area contributed by atoms with Crippen LogP contribution in [0.2, 0.25) is 5.02 Å². The molecule has 84 valence electrons. The Morgan fingerprint density at radius 3 is 2.62 bits per heavy atom. The summed E-state index contributed by atoms with van der Waals surface area (Å²) in [5, 5.41) is 1.80. The van der Waals surface area contributed by atoms with Crippen molar-refractivity contribution in [3.05, 3.63) is 39.0 Å². The van der Waals surface area contributed by atoms with Gasteiger partial charge in [-0.05, 0) is 30.5 Å². The molecule has 1 nitrogen and oxygen atoms in total. The lowest BCUT2D eigenvalue weighted by molar-refractivity contribution is 0.829. The summed E-state index contributed by atoms with van der Waals surface area (Å²) in [7, 11) is 0. The molecular formula is C13H13BrClN. The molecule has 1 aromatic heterocycles. The molecule has 0 bridgehead atoms. The predicted molar refractivity (Wildman–Crippen MR) is 73.3 cm³/mol. The van der Waals surface area contributed by atoms with Crippen LogP contribution in [0.25, 0.3) is 10.9 Å². The lowest BCUT2D eigenvalue weighted by atomic mass is 10.1. The number of rotatable bonds is 1. The maximum atomic E-state index is 6.28. The van der Waals surface area contributed by atoms with Crippen LogP contribution in [0.1, 0.15) is 31.0 Å². The quantitative estimate of drug-likeness (QED) is 0.715. The number of pyridine rings is 1. The molecule has 3 heteroatoms. The molecule has 2 rings (SSSR count). The monoisotopic (exact) mass is 297 g/mol. The third-order valence-corrected chi connectivity index (χ3v) is 3.90. The van der Waals surface area contributed by atoms with E-state index in [1.165, 1.54) is 0 Å². The van der Waals surface area contributed by atoms with E-state index in [9.17, 15) is 0 Å². The Hall–Kier alpha value is -0.600. The van der Waals surface area contributed by atoms with E-state index in [-0.39, 0.29) is 0 Å². The Morgan fingerprint density at radius 2 is 2.00 bits per heavy atom. The molecule has 2 aromatic rings. The molecule has 0 fully saturated rings. The SMILES string of the molecule is Cc1c(Br)ccc2c(Cl)cc(C(C)C)nc12. The summed E-state index contributed by atoms with van der Waals surface area (Å²) in [6, 6.07) is 5.98. The van der Waals surface area contributed by atoms with E-state index in [4.69, 9.17) is 11.6 Å². The van der Waals surface area contributed by atoms with Gasteiger partial charge < -0.3 is 0 Å². The minimum Gasteiger partial charge on any atom is -0.252 e. The average Bonchev–Trinajstić information content (AvgIpc) is 2.23. The standard InChI is InChI=1S/C13H13BrClN/c1-7(2)12-6-11(15)9-4-5-10(14)8(3)13(9)16-12/h4-7H,1-3H3. The average molecular weight is 299 g/mol. The number of aromatic nitrogens is 1. The minimum absolute atomic E-state index is 0.389. The second-order valence-electron chi connectivity index (χ2n) is 4.25. The molecule has 0 N–H and O–H groups in total. The molecule has 0 radical (unpaired) electrons. The summed E-state index contributed by atoms with van der Waals surface area (Å²) in [4.78, 5) is 4.68. The van der Waals surface area contributed by atoms with Crippen LogP contribution < -0.4 is 0 Å². The molecule has 0 saturated carbocycles. The second kappa shape index (κ2) is 4.34. The van der Waals surface area contributed by atoms with Gasteiger partial charge in [-0.25, -0.2) is 0 Å². The van der Waals surface area contributed by atoms with Crippen molar-refractivity contribution in [2.45, 2.75) is 26.7 Å². The molecule has 0 saturated heterocycles. The summed E-state index contributed by atoms with van der Waals surface area (Å²) < 4.78 is 1.07. The lowest BCUT2D eigenvalue weighted by Gasteiger charge is -2.10. The van der Waals surface area contributed by atoms with E-state index in [1.807, 2.05) is 18.2 Å². The summed E-state index contributed by atoms with van der Waals surface area (Å²) in [6.45, 7) is 6.30.